The van der Waals surface area contributed by atoms with Gasteiger partial charge < -0.3 is 15.6 Å². The van der Waals surface area contributed by atoms with Crippen LogP contribution in [0.2, 0.25) is 0 Å². The number of guanidine groups is 1. The van der Waals surface area contributed by atoms with E-state index in [-0.39, 0.29) is 24.5 Å². The maximum Gasteiger partial charge on any atom is 0.259 e. The fraction of sp³-hybridized carbons (Fsp3) is 0.600. The van der Waals surface area contributed by atoms with Gasteiger partial charge in [0, 0.05) is 12.5 Å². The lowest BCUT2D eigenvalue weighted by atomic mass is 10.1. The SMILES string of the molecule is N=C1N=C2C(N=CN2[C@H]2C[C@H](N)[C@@H](CO)O2)C(=O)N1. The number of aliphatic hydroxyl groups excluding tert-OH is 1. The molecule has 3 rings (SSSR count). The Hall–Kier alpha value is -1.84. The number of carbonyl (C=O) groups excluding carboxylic acids is 1. The number of fused-ring (bicyclic) bond motifs is 1. The number of nitrogens with zero attached hydrogens (tertiary/aromatic N) is 3. The minimum Gasteiger partial charge on any atom is -0.394 e. The van der Waals surface area contributed by atoms with Gasteiger partial charge in [0.1, 0.15) is 6.23 Å². The second kappa shape index (κ2) is 4.37. The molecule has 0 aliphatic carbocycles. The molecule has 1 saturated heterocycles. The van der Waals surface area contributed by atoms with Crippen LogP contribution in [-0.2, 0) is 9.53 Å². The summed E-state index contributed by atoms with van der Waals surface area (Å²) < 4.78 is 5.60. The quantitative estimate of drug-likeness (QED) is 0.441. The number of hydrogen-bond donors (Lipinski definition) is 4. The molecule has 0 saturated carbocycles. The summed E-state index contributed by atoms with van der Waals surface area (Å²) in [4.78, 5) is 21.3. The molecule has 0 radical (unpaired) electrons. The molecule has 3 heterocycles. The first-order chi connectivity index (χ1) is 9.10. The monoisotopic (exact) mass is 266 g/mol. The molecule has 0 aromatic carbocycles. The van der Waals surface area contributed by atoms with Gasteiger partial charge in [0.2, 0.25) is 5.96 Å². The number of nitrogens with two attached hydrogens (primary N) is 1. The van der Waals surface area contributed by atoms with Gasteiger partial charge in [-0.3, -0.25) is 25.4 Å². The number of aliphatic imine (C=N–C) groups is 2. The highest BCUT2D eigenvalue weighted by atomic mass is 16.5. The zero-order chi connectivity index (χ0) is 13.6. The minimum absolute atomic E-state index is 0.158. The zero-order valence-corrected chi connectivity index (χ0v) is 9.98. The van der Waals surface area contributed by atoms with Crippen LogP contribution in [0.25, 0.3) is 0 Å². The van der Waals surface area contributed by atoms with E-state index in [9.17, 15) is 4.79 Å². The van der Waals surface area contributed by atoms with Gasteiger partial charge in [-0.25, -0.2) is 0 Å². The third kappa shape index (κ3) is 1.91. The second-order valence-electron chi connectivity index (χ2n) is 4.59. The topological polar surface area (TPSA) is 136 Å². The standard InChI is InChI=1S/C10H14N6O3/c11-4-1-6(19-5(4)2-17)16-3-13-7-8(16)14-10(12)15-9(7)18/h3-7,17H,1-2,11H2,(H2,12,15,18)/t4-,5+,6+,7?/m0/s1. The predicted octanol–water partition coefficient (Wildman–Crippen LogP) is -2.40. The first-order valence-corrected chi connectivity index (χ1v) is 5.91. The van der Waals surface area contributed by atoms with Gasteiger partial charge in [-0.2, -0.15) is 4.99 Å². The zero-order valence-electron chi connectivity index (χ0n) is 9.98. The normalized spacial score (nSPS) is 37.4. The van der Waals surface area contributed by atoms with Gasteiger partial charge in [0.15, 0.2) is 11.9 Å². The first-order valence-electron chi connectivity index (χ1n) is 5.91. The van der Waals surface area contributed by atoms with Crippen molar-refractivity contribution < 1.29 is 14.6 Å². The third-order valence-electron chi connectivity index (χ3n) is 3.34. The van der Waals surface area contributed by atoms with Crippen LogP contribution < -0.4 is 11.1 Å². The van der Waals surface area contributed by atoms with E-state index in [0.29, 0.717) is 12.3 Å². The summed E-state index contributed by atoms with van der Waals surface area (Å²) in [5, 5.41) is 18.9. The molecule has 0 aromatic heterocycles. The molecule has 1 amide bonds. The summed E-state index contributed by atoms with van der Waals surface area (Å²) in [6.45, 7) is -0.158. The Morgan fingerprint density at radius 1 is 1.68 bits per heavy atom. The molecule has 1 fully saturated rings. The lowest BCUT2D eigenvalue weighted by molar-refractivity contribution is -0.119. The Balaban J connectivity index is 1.82. The number of carbonyl (C=O) groups is 1. The van der Waals surface area contributed by atoms with Gasteiger partial charge in [-0.15, -0.1) is 0 Å². The molecule has 5 N–H and O–H groups in total. The molecule has 3 aliphatic heterocycles. The average molecular weight is 266 g/mol. The number of amidine groups is 1. The van der Waals surface area contributed by atoms with Crippen molar-refractivity contribution in [3.05, 3.63) is 0 Å². The maximum atomic E-state index is 11.7. The Morgan fingerprint density at radius 2 is 2.47 bits per heavy atom. The van der Waals surface area contributed by atoms with E-state index in [1.54, 1.807) is 4.90 Å². The van der Waals surface area contributed by atoms with Crippen molar-refractivity contribution in [2.24, 2.45) is 15.7 Å². The van der Waals surface area contributed by atoms with Crippen LogP contribution in [0.1, 0.15) is 6.42 Å². The highest BCUT2D eigenvalue weighted by molar-refractivity contribution is 6.23. The number of nitrogens with one attached hydrogen (secondary N) is 2. The van der Waals surface area contributed by atoms with E-state index in [4.69, 9.17) is 21.0 Å². The highest BCUT2D eigenvalue weighted by Gasteiger charge is 2.43. The number of hydrogen-bond acceptors (Lipinski definition) is 7. The van der Waals surface area contributed by atoms with E-state index < -0.39 is 18.4 Å². The van der Waals surface area contributed by atoms with Gasteiger partial charge in [0.25, 0.3) is 5.91 Å². The molecule has 9 heteroatoms. The Morgan fingerprint density at radius 3 is 3.16 bits per heavy atom. The average Bonchev–Trinajstić information content (AvgIpc) is 2.92. The molecule has 9 nitrogen and oxygen atoms in total. The highest BCUT2D eigenvalue weighted by Crippen LogP contribution is 2.25. The van der Waals surface area contributed by atoms with Crippen molar-refractivity contribution in [2.75, 3.05) is 6.61 Å². The van der Waals surface area contributed by atoms with Gasteiger partial charge in [-0.1, -0.05) is 0 Å². The van der Waals surface area contributed by atoms with Crippen LogP contribution in [0.3, 0.4) is 0 Å². The minimum atomic E-state index is -0.734. The molecule has 0 aromatic rings. The fourth-order valence-corrected chi connectivity index (χ4v) is 2.36. The first kappa shape index (κ1) is 12.2. The number of rotatable bonds is 2. The van der Waals surface area contributed by atoms with Crippen molar-refractivity contribution in [3.8, 4) is 0 Å². The van der Waals surface area contributed by atoms with Crippen molar-refractivity contribution in [2.45, 2.75) is 30.8 Å². The predicted molar refractivity (Wildman–Crippen MR) is 65.8 cm³/mol. The summed E-state index contributed by atoms with van der Waals surface area (Å²) >= 11 is 0. The molecule has 102 valence electrons. The summed E-state index contributed by atoms with van der Waals surface area (Å²) in [5.74, 6) is -0.230. The Labute approximate surface area is 108 Å². The van der Waals surface area contributed by atoms with E-state index in [1.165, 1.54) is 6.34 Å². The van der Waals surface area contributed by atoms with E-state index in [0.717, 1.165) is 0 Å². The molecule has 0 bridgehead atoms. The van der Waals surface area contributed by atoms with Gasteiger partial charge >= 0.3 is 0 Å². The Kier molecular flexibility index (Phi) is 2.81. The lowest BCUT2D eigenvalue weighted by Gasteiger charge is -2.26. The van der Waals surface area contributed by atoms with Gasteiger partial charge in [0.05, 0.1) is 19.0 Å². The molecular weight excluding hydrogens is 252 g/mol. The van der Waals surface area contributed by atoms with Crippen molar-refractivity contribution >= 4 is 24.0 Å². The van der Waals surface area contributed by atoms with Crippen molar-refractivity contribution in [3.63, 3.8) is 0 Å². The number of aliphatic hydroxyl groups is 1. The van der Waals surface area contributed by atoms with Crippen LogP contribution in [0.5, 0.6) is 0 Å². The van der Waals surface area contributed by atoms with E-state index in [2.05, 4.69) is 15.3 Å². The van der Waals surface area contributed by atoms with E-state index in [1.807, 2.05) is 0 Å². The van der Waals surface area contributed by atoms with Crippen LogP contribution in [0.15, 0.2) is 9.98 Å². The third-order valence-corrected chi connectivity index (χ3v) is 3.34. The van der Waals surface area contributed by atoms with Crippen LogP contribution in [-0.4, -0.2) is 65.1 Å². The van der Waals surface area contributed by atoms with Crippen molar-refractivity contribution in [1.82, 2.24) is 10.2 Å². The number of ether oxygens (including phenoxy) is 1. The summed E-state index contributed by atoms with van der Waals surface area (Å²) in [5.41, 5.74) is 5.85. The summed E-state index contributed by atoms with van der Waals surface area (Å²) in [7, 11) is 0. The Bertz CT molecular complexity index is 490. The second-order valence-corrected chi connectivity index (χ2v) is 4.59. The molecule has 1 unspecified atom stereocenters. The molecule has 3 aliphatic rings. The van der Waals surface area contributed by atoms with Crippen LogP contribution in [0, 0.1) is 5.41 Å². The van der Waals surface area contributed by atoms with Crippen LogP contribution >= 0.6 is 0 Å². The fourth-order valence-electron chi connectivity index (χ4n) is 2.36. The molecular formula is C10H14N6O3. The van der Waals surface area contributed by atoms with Crippen molar-refractivity contribution in [1.29, 1.82) is 5.41 Å². The number of amides is 1. The maximum absolute atomic E-state index is 11.7. The van der Waals surface area contributed by atoms with Gasteiger partial charge in [-0.05, 0) is 0 Å². The van der Waals surface area contributed by atoms with Crippen LogP contribution in [0.4, 0.5) is 0 Å². The summed E-state index contributed by atoms with van der Waals surface area (Å²) in [6, 6.07) is -1.01. The molecule has 4 atom stereocenters. The molecule has 19 heavy (non-hydrogen) atoms. The lowest BCUT2D eigenvalue weighted by Crippen LogP contribution is -2.50. The largest absolute Gasteiger partial charge is 0.394 e. The summed E-state index contributed by atoms with van der Waals surface area (Å²) in [6.07, 6.45) is 1.12. The molecule has 0 spiro atoms. The van der Waals surface area contributed by atoms with E-state index >= 15 is 0 Å². The smallest absolute Gasteiger partial charge is 0.259 e.